The molecule has 0 saturated carbocycles. The predicted octanol–water partition coefficient (Wildman–Crippen LogP) is 2.69. The highest BCUT2D eigenvalue weighted by Gasteiger charge is 2.07. The number of nitrogens with zero attached hydrogens (tertiary/aromatic N) is 3. The van der Waals surface area contributed by atoms with Crippen molar-refractivity contribution in [3.63, 3.8) is 0 Å². The van der Waals surface area contributed by atoms with Gasteiger partial charge in [0.1, 0.15) is 5.15 Å². The summed E-state index contributed by atoms with van der Waals surface area (Å²) in [6.45, 7) is 4.94. The zero-order chi connectivity index (χ0) is 12.8. The summed E-state index contributed by atoms with van der Waals surface area (Å²) in [5, 5.41) is 10.8. The second kappa shape index (κ2) is 6.20. The molecule has 17 heavy (non-hydrogen) atoms. The normalized spacial score (nSPS) is 11.4. The zero-order valence-corrected chi connectivity index (χ0v) is 10.5. The fourth-order valence-corrected chi connectivity index (χ4v) is 1.55. The molecular formula is C11H14ClN3O2. The lowest BCUT2D eigenvalue weighted by Gasteiger charge is -2.21. The Kier molecular flexibility index (Phi) is 4.90. The number of allylic oxidation sites excluding steroid dienone is 1. The summed E-state index contributed by atoms with van der Waals surface area (Å²) < 4.78 is 0. The number of hydrogen-bond donors (Lipinski definition) is 0. The number of pyridine rings is 1. The third-order valence-corrected chi connectivity index (χ3v) is 2.56. The van der Waals surface area contributed by atoms with Gasteiger partial charge in [-0.2, -0.15) is 0 Å². The van der Waals surface area contributed by atoms with Crippen molar-refractivity contribution in [2.45, 2.75) is 20.4 Å². The Labute approximate surface area is 105 Å². The Morgan fingerprint density at radius 2 is 2.35 bits per heavy atom. The molecule has 0 atom stereocenters. The van der Waals surface area contributed by atoms with Crippen LogP contribution in [-0.2, 0) is 6.54 Å². The Bertz CT molecular complexity index is 417. The number of rotatable bonds is 5. The first-order valence-electron chi connectivity index (χ1n) is 5.20. The topological polar surface area (TPSA) is 59.3 Å². The lowest BCUT2D eigenvalue weighted by Crippen LogP contribution is -2.21. The van der Waals surface area contributed by atoms with Gasteiger partial charge in [0.05, 0.1) is 10.6 Å². The van der Waals surface area contributed by atoms with Crippen molar-refractivity contribution in [1.29, 1.82) is 0 Å². The third-order valence-electron chi connectivity index (χ3n) is 2.33. The van der Waals surface area contributed by atoms with E-state index in [0.29, 0.717) is 23.9 Å². The van der Waals surface area contributed by atoms with Crippen molar-refractivity contribution in [2.24, 2.45) is 0 Å². The van der Waals surface area contributed by atoms with Gasteiger partial charge in [-0.3, -0.25) is 10.1 Å². The van der Waals surface area contributed by atoms with Crippen LogP contribution in [0.25, 0.3) is 0 Å². The van der Waals surface area contributed by atoms with Gasteiger partial charge in [0.25, 0.3) is 6.20 Å². The van der Waals surface area contributed by atoms with Crippen molar-refractivity contribution < 1.29 is 4.92 Å². The molecule has 92 valence electrons. The van der Waals surface area contributed by atoms with Crippen LogP contribution in [0.15, 0.2) is 30.2 Å². The number of nitro groups is 1. The molecule has 5 nitrogen and oxygen atoms in total. The standard InChI is InChI=1S/C11H14ClN3O2/c1-3-14(9(2)7-15(16)17)8-10-4-5-11(12)13-6-10/h4-7H,3,8H2,1-2H3. The number of halogens is 1. The summed E-state index contributed by atoms with van der Waals surface area (Å²) in [5.41, 5.74) is 1.58. The van der Waals surface area contributed by atoms with Crippen LogP contribution in [-0.4, -0.2) is 21.4 Å². The molecule has 0 aliphatic heterocycles. The Morgan fingerprint density at radius 1 is 1.65 bits per heavy atom. The average molecular weight is 256 g/mol. The highest BCUT2D eigenvalue weighted by Crippen LogP contribution is 2.11. The van der Waals surface area contributed by atoms with Crippen LogP contribution >= 0.6 is 11.6 Å². The van der Waals surface area contributed by atoms with Crippen molar-refractivity contribution in [1.82, 2.24) is 9.88 Å². The molecule has 0 unspecified atom stereocenters. The fraction of sp³-hybridized carbons (Fsp3) is 0.364. The lowest BCUT2D eigenvalue weighted by atomic mass is 10.2. The van der Waals surface area contributed by atoms with Gasteiger partial charge in [0.15, 0.2) is 0 Å². The molecule has 0 N–H and O–H groups in total. The first-order valence-corrected chi connectivity index (χ1v) is 5.58. The number of aromatic nitrogens is 1. The maximum atomic E-state index is 10.4. The van der Waals surface area contributed by atoms with Crippen molar-refractivity contribution >= 4 is 11.6 Å². The molecule has 0 amide bonds. The minimum atomic E-state index is -0.446. The summed E-state index contributed by atoms with van der Waals surface area (Å²) in [5.74, 6) is 0. The number of hydrogen-bond acceptors (Lipinski definition) is 4. The van der Waals surface area contributed by atoms with E-state index in [-0.39, 0.29) is 0 Å². The molecule has 1 heterocycles. The van der Waals surface area contributed by atoms with Crippen molar-refractivity contribution in [2.75, 3.05) is 6.54 Å². The molecule has 0 aromatic carbocycles. The van der Waals surface area contributed by atoms with Gasteiger partial charge in [-0.15, -0.1) is 0 Å². The van der Waals surface area contributed by atoms with Crippen LogP contribution in [0.1, 0.15) is 19.4 Å². The zero-order valence-electron chi connectivity index (χ0n) is 9.76. The lowest BCUT2D eigenvalue weighted by molar-refractivity contribution is -0.404. The Balaban J connectivity index is 2.76. The third kappa shape index (κ3) is 4.40. The molecule has 0 fully saturated rings. The van der Waals surface area contributed by atoms with Gasteiger partial charge in [0.2, 0.25) is 0 Å². The van der Waals surface area contributed by atoms with E-state index < -0.39 is 4.92 Å². The van der Waals surface area contributed by atoms with E-state index in [4.69, 9.17) is 11.6 Å². The quantitative estimate of drug-likeness (QED) is 0.461. The summed E-state index contributed by atoms with van der Waals surface area (Å²) >= 11 is 5.69. The molecule has 6 heteroatoms. The van der Waals surface area contributed by atoms with Gasteiger partial charge in [-0.1, -0.05) is 17.7 Å². The summed E-state index contributed by atoms with van der Waals surface area (Å²) in [4.78, 5) is 15.8. The molecule has 1 aromatic rings. The van der Waals surface area contributed by atoms with Crippen LogP contribution < -0.4 is 0 Å². The van der Waals surface area contributed by atoms with Crippen molar-refractivity contribution in [3.05, 3.63) is 51.1 Å². The van der Waals surface area contributed by atoms with E-state index in [0.717, 1.165) is 11.8 Å². The van der Waals surface area contributed by atoms with E-state index >= 15 is 0 Å². The summed E-state index contributed by atoms with van der Waals surface area (Å²) in [6.07, 6.45) is 2.68. The Morgan fingerprint density at radius 3 is 2.82 bits per heavy atom. The minimum absolute atomic E-state index is 0.439. The molecule has 0 saturated heterocycles. The second-order valence-corrected chi connectivity index (χ2v) is 3.95. The molecular weight excluding hydrogens is 242 g/mol. The summed E-state index contributed by atoms with van der Waals surface area (Å²) in [6, 6.07) is 3.56. The van der Waals surface area contributed by atoms with Crippen LogP contribution in [0, 0.1) is 10.1 Å². The predicted molar refractivity (Wildman–Crippen MR) is 66.1 cm³/mol. The SMILES string of the molecule is CCN(Cc1ccc(Cl)nc1)C(C)=C[N+](=O)[O-]. The maximum absolute atomic E-state index is 10.4. The van der Waals surface area contributed by atoms with Crippen LogP contribution in [0.3, 0.4) is 0 Å². The van der Waals surface area contributed by atoms with Gasteiger partial charge in [-0.05, 0) is 25.5 Å². The van der Waals surface area contributed by atoms with Crippen LogP contribution in [0.2, 0.25) is 5.15 Å². The highest BCUT2D eigenvalue weighted by molar-refractivity contribution is 6.29. The van der Waals surface area contributed by atoms with Crippen LogP contribution in [0.5, 0.6) is 0 Å². The largest absolute Gasteiger partial charge is 0.366 e. The molecule has 0 radical (unpaired) electrons. The van der Waals surface area contributed by atoms with Crippen molar-refractivity contribution in [3.8, 4) is 0 Å². The minimum Gasteiger partial charge on any atom is -0.366 e. The Hall–Kier alpha value is -1.62. The van der Waals surface area contributed by atoms with Gasteiger partial charge in [0, 0.05) is 19.3 Å². The molecule has 1 rings (SSSR count). The van der Waals surface area contributed by atoms with E-state index in [2.05, 4.69) is 4.98 Å². The highest BCUT2D eigenvalue weighted by atomic mass is 35.5. The molecule has 1 aromatic heterocycles. The van der Waals surface area contributed by atoms with Gasteiger partial charge >= 0.3 is 0 Å². The molecule has 0 spiro atoms. The maximum Gasteiger partial charge on any atom is 0.253 e. The molecule has 0 bridgehead atoms. The summed E-state index contributed by atoms with van der Waals surface area (Å²) in [7, 11) is 0. The van der Waals surface area contributed by atoms with Gasteiger partial charge < -0.3 is 4.90 Å². The molecule has 0 aliphatic rings. The van der Waals surface area contributed by atoms with Crippen LogP contribution in [0.4, 0.5) is 0 Å². The monoisotopic (exact) mass is 255 g/mol. The molecule has 0 aliphatic carbocycles. The van der Waals surface area contributed by atoms with E-state index in [1.807, 2.05) is 17.9 Å². The smallest absolute Gasteiger partial charge is 0.253 e. The second-order valence-electron chi connectivity index (χ2n) is 3.56. The first-order chi connectivity index (χ1) is 8.02. The average Bonchev–Trinajstić information content (AvgIpc) is 2.27. The van der Waals surface area contributed by atoms with E-state index in [1.54, 1.807) is 19.2 Å². The van der Waals surface area contributed by atoms with E-state index in [1.165, 1.54) is 0 Å². The first kappa shape index (κ1) is 13.4. The van der Waals surface area contributed by atoms with E-state index in [9.17, 15) is 10.1 Å². The fourth-order valence-electron chi connectivity index (χ4n) is 1.44. The van der Waals surface area contributed by atoms with Gasteiger partial charge in [-0.25, -0.2) is 4.98 Å².